The van der Waals surface area contributed by atoms with Crippen LogP contribution in [-0.2, 0) is 16.6 Å². The van der Waals surface area contributed by atoms with E-state index in [2.05, 4.69) is 33.0 Å². The molecule has 1 saturated heterocycles. The fourth-order valence-corrected chi connectivity index (χ4v) is 5.73. The Bertz CT molecular complexity index is 851. The standard InChI is InChI=1S/C18H20BrClN2O2S/c1-14-11-16(19)18(12-17(14)20)25(23,24)22-9-7-21(8-10-22)13-15-5-3-2-4-6-15/h2-6,11-12H,7-10,13H2,1H3. The maximum absolute atomic E-state index is 13.0. The van der Waals surface area contributed by atoms with E-state index in [1.165, 1.54) is 11.6 Å². The van der Waals surface area contributed by atoms with Gasteiger partial charge in [0, 0.05) is 42.2 Å². The third-order valence-electron chi connectivity index (χ3n) is 4.41. The van der Waals surface area contributed by atoms with Crippen LogP contribution in [-0.4, -0.2) is 43.8 Å². The van der Waals surface area contributed by atoms with Gasteiger partial charge < -0.3 is 0 Å². The first-order chi connectivity index (χ1) is 11.9. The lowest BCUT2D eigenvalue weighted by molar-refractivity contribution is 0.181. The van der Waals surface area contributed by atoms with Crippen LogP contribution in [0.5, 0.6) is 0 Å². The Morgan fingerprint density at radius 2 is 1.72 bits per heavy atom. The predicted molar refractivity (Wildman–Crippen MR) is 104 cm³/mol. The van der Waals surface area contributed by atoms with E-state index in [0.717, 1.165) is 12.1 Å². The SMILES string of the molecule is Cc1cc(Br)c(S(=O)(=O)N2CCN(Cc3ccccc3)CC2)cc1Cl. The maximum atomic E-state index is 13.0. The quantitative estimate of drug-likeness (QED) is 0.719. The van der Waals surface area contributed by atoms with Gasteiger partial charge in [-0.25, -0.2) is 8.42 Å². The predicted octanol–water partition coefficient (Wildman–Crippen LogP) is 3.92. The molecule has 2 aromatic carbocycles. The van der Waals surface area contributed by atoms with E-state index in [0.29, 0.717) is 35.7 Å². The fraction of sp³-hybridized carbons (Fsp3) is 0.333. The highest BCUT2D eigenvalue weighted by molar-refractivity contribution is 9.10. The highest BCUT2D eigenvalue weighted by atomic mass is 79.9. The van der Waals surface area contributed by atoms with Crippen LogP contribution in [0.2, 0.25) is 5.02 Å². The molecule has 0 N–H and O–H groups in total. The van der Waals surface area contributed by atoms with Crippen LogP contribution in [0.25, 0.3) is 0 Å². The van der Waals surface area contributed by atoms with Gasteiger partial charge in [0.2, 0.25) is 10.0 Å². The molecule has 0 aliphatic carbocycles. The number of benzene rings is 2. The van der Waals surface area contributed by atoms with Gasteiger partial charge in [-0.3, -0.25) is 4.90 Å². The van der Waals surface area contributed by atoms with Crippen LogP contribution in [0.15, 0.2) is 51.8 Å². The summed E-state index contributed by atoms with van der Waals surface area (Å²) in [5.74, 6) is 0. The van der Waals surface area contributed by atoms with Crippen molar-refractivity contribution in [3.63, 3.8) is 0 Å². The summed E-state index contributed by atoms with van der Waals surface area (Å²) in [6, 6.07) is 13.5. The van der Waals surface area contributed by atoms with Crippen LogP contribution in [0.1, 0.15) is 11.1 Å². The van der Waals surface area contributed by atoms with Gasteiger partial charge in [0.15, 0.2) is 0 Å². The Hall–Kier alpha value is -0.920. The molecule has 2 aromatic rings. The van der Waals surface area contributed by atoms with E-state index in [-0.39, 0.29) is 4.90 Å². The minimum absolute atomic E-state index is 0.236. The minimum atomic E-state index is -3.55. The van der Waals surface area contributed by atoms with Crippen molar-refractivity contribution in [3.05, 3.63) is 63.1 Å². The van der Waals surface area contributed by atoms with Crippen molar-refractivity contribution in [1.29, 1.82) is 0 Å². The Balaban J connectivity index is 1.71. The summed E-state index contributed by atoms with van der Waals surface area (Å²) in [5, 5.41) is 0.462. The third kappa shape index (κ3) is 4.26. The van der Waals surface area contributed by atoms with E-state index >= 15 is 0 Å². The molecule has 0 aromatic heterocycles. The fourth-order valence-electron chi connectivity index (χ4n) is 2.93. The summed E-state index contributed by atoms with van der Waals surface area (Å²) in [5.41, 5.74) is 2.09. The van der Waals surface area contributed by atoms with Crippen LogP contribution in [0, 0.1) is 6.92 Å². The Kier molecular flexibility index (Phi) is 5.85. The van der Waals surface area contributed by atoms with Gasteiger partial charge in [0.1, 0.15) is 0 Å². The van der Waals surface area contributed by atoms with Crippen LogP contribution < -0.4 is 0 Å². The highest BCUT2D eigenvalue weighted by Gasteiger charge is 2.30. The number of nitrogens with zero attached hydrogens (tertiary/aromatic N) is 2. The van der Waals surface area contributed by atoms with Crippen molar-refractivity contribution in [3.8, 4) is 0 Å². The Morgan fingerprint density at radius 3 is 2.36 bits per heavy atom. The van der Waals surface area contributed by atoms with Gasteiger partial charge in [-0.15, -0.1) is 0 Å². The molecule has 0 radical (unpaired) electrons. The minimum Gasteiger partial charge on any atom is -0.296 e. The molecule has 1 aliphatic heterocycles. The van der Waals surface area contributed by atoms with Crippen molar-refractivity contribution in [2.24, 2.45) is 0 Å². The van der Waals surface area contributed by atoms with Gasteiger partial charge in [0.25, 0.3) is 0 Å². The molecule has 0 amide bonds. The monoisotopic (exact) mass is 442 g/mol. The average molecular weight is 444 g/mol. The highest BCUT2D eigenvalue weighted by Crippen LogP contribution is 2.31. The van der Waals surface area contributed by atoms with Crippen LogP contribution in [0.4, 0.5) is 0 Å². The second kappa shape index (κ2) is 7.76. The molecule has 1 heterocycles. The molecule has 0 atom stereocenters. The Labute approximate surface area is 162 Å². The third-order valence-corrected chi connectivity index (χ3v) is 7.68. The number of hydrogen-bond donors (Lipinski definition) is 0. The summed E-state index contributed by atoms with van der Waals surface area (Å²) in [7, 11) is -3.55. The lowest BCUT2D eigenvalue weighted by atomic mass is 10.2. The average Bonchev–Trinajstić information content (AvgIpc) is 2.59. The number of hydrogen-bond acceptors (Lipinski definition) is 3. The lowest BCUT2D eigenvalue weighted by Crippen LogP contribution is -2.48. The first kappa shape index (κ1) is 18.9. The molecule has 25 heavy (non-hydrogen) atoms. The molecule has 4 nitrogen and oxygen atoms in total. The molecule has 7 heteroatoms. The normalized spacial score (nSPS) is 16.9. The van der Waals surface area contributed by atoms with Crippen molar-refractivity contribution in [2.45, 2.75) is 18.4 Å². The largest absolute Gasteiger partial charge is 0.296 e. The Morgan fingerprint density at radius 1 is 1.08 bits per heavy atom. The van der Waals surface area contributed by atoms with Crippen molar-refractivity contribution in [2.75, 3.05) is 26.2 Å². The summed E-state index contributed by atoms with van der Waals surface area (Å²) in [6.45, 7) is 5.08. The van der Waals surface area contributed by atoms with Crippen molar-refractivity contribution in [1.82, 2.24) is 9.21 Å². The van der Waals surface area contributed by atoms with E-state index < -0.39 is 10.0 Å². The molecule has 0 unspecified atom stereocenters. The van der Waals surface area contributed by atoms with Gasteiger partial charge in [0.05, 0.1) is 4.90 Å². The topological polar surface area (TPSA) is 40.6 Å². The van der Waals surface area contributed by atoms with E-state index in [1.54, 1.807) is 10.4 Å². The summed E-state index contributed by atoms with van der Waals surface area (Å²) in [6.07, 6.45) is 0. The van der Waals surface area contributed by atoms with Crippen LogP contribution in [0.3, 0.4) is 0 Å². The zero-order valence-corrected chi connectivity index (χ0v) is 17.1. The van der Waals surface area contributed by atoms with E-state index in [1.807, 2.05) is 25.1 Å². The molecule has 0 spiro atoms. The van der Waals surface area contributed by atoms with E-state index in [4.69, 9.17) is 11.6 Å². The molecule has 134 valence electrons. The number of sulfonamides is 1. The molecular formula is C18H20BrClN2O2S. The molecule has 1 fully saturated rings. The van der Waals surface area contributed by atoms with Crippen molar-refractivity contribution >= 4 is 37.6 Å². The number of piperazine rings is 1. The molecule has 0 saturated carbocycles. The summed E-state index contributed by atoms with van der Waals surface area (Å²) >= 11 is 9.50. The smallest absolute Gasteiger partial charge is 0.244 e. The molecule has 0 bridgehead atoms. The lowest BCUT2D eigenvalue weighted by Gasteiger charge is -2.34. The maximum Gasteiger partial charge on any atom is 0.244 e. The van der Waals surface area contributed by atoms with Gasteiger partial charge in [-0.1, -0.05) is 41.9 Å². The number of aryl methyl sites for hydroxylation is 1. The molecular weight excluding hydrogens is 424 g/mol. The van der Waals surface area contributed by atoms with Gasteiger partial charge in [-0.2, -0.15) is 4.31 Å². The van der Waals surface area contributed by atoms with Crippen molar-refractivity contribution < 1.29 is 8.42 Å². The second-order valence-corrected chi connectivity index (χ2v) is 9.37. The zero-order valence-electron chi connectivity index (χ0n) is 14.0. The molecule has 1 aliphatic rings. The van der Waals surface area contributed by atoms with Gasteiger partial charge >= 0.3 is 0 Å². The zero-order chi connectivity index (χ0) is 18.0. The number of rotatable bonds is 4. The number of halogens is 2. The molecule has 3 rings (SSSR count). The van der Waals surface area contributed by atoms with Crippen LogP contribution >= 0.6 is 27.5 Å². The van der Waals surface area contributed by atoms with E-state index in [9.17, 15) is 8.42 Å². The van der Waals surface area contributed by atoms with Gasteiger partial charge in [-0.05, 0) is 46.1 Å². The summed E-state index contributed by atoms with van der Waals surface area (Å²) in [4.78, 5) is 2.51. The first-order valence-corrected chi connectivity index (χ1v) is 10.7. The first-order valence-electron chi connectivity index (χ1n) is 8.10. The second-order valence-electron chi connectivity index (χ2n) is 6.20. The summed E-state index contributed by atoms with van der Waals surface area (Å²) < 4.78 is 28.0.